The molecule has 0 spiro atoms. The van der Waals surface area contributed by atoms with Crippen molar-refractivity contribution < 1.29 is 9.59 Å². The lowest BCUT2D eigenvalue weighted by atomic mass is 10.1. The number of rotatable bonds is 3. The molecule has 0 bridgehead atoms. The van der Waals surface area contributed by atoms with E-state index in [0.717, 1.165) is 0 Å². The summed E-state index contributed by atoms with van der Waals surface area (Å²) in [6, 6.07) is -0.731. The summed E-state index contributed by atoms with van der Waals surface area (Å²) in [5.74, 6) is -0.804. The fourth-order valence-electron chi connectivity index (χ4n) is 2.13. The average Bonchev–Trinajstić information content (AvgIpc) is 2.95. The van der Waals surface area contributed by atoms with E-state index in [0.29, 0.717) is 25.1 Å². The van der Waals surface area contributed by atoms with Crippen molar-refractivity contribution in [3.05, 3.63) is 18.0 Å². The summed E-state index contributed by atoms with van der Waals surface area (Å²) in [4.78, 5) is 24.8. The smallest absolute Gasteiger partial charge is 0.244 e. The molecule has 1 aromatic rings. The van der Waals surface area contributed by atoms with Crippen LogP contribution in [0.25, 0.3) is 0 Å². The van der Waals surface area contributed by atoms with Crippen LogP contribution in [0.1, 0.15) is 18.0 Å². The molecule has 98 valence electrons. The highest BCUT2D eigenvalue weighted by molar-refractivity contribution is 5.85. The number of carbonyl (C=O) groups is 2. The van der Waals surface area contributed by atoms with E-state index in [2.05, 4.69) is 5.10 Å². The van der Waals surface area contributed by atoms with E-state index in [-0.39, 0.29) is 17.7 Å². The number of amides is 2. The molecule has 1 saturated heterocycles. The third kappa shape index (κ3) is 2.35. The van der Waals surface area contributed by atoms with Gasteiger partial charge in [-0.2, -0.15) is 5.10 Å². The molecule has 2 heterocycles. The first-order valence-electron chi connectivity index (χ1n) is 5.81. The van der Waals surface area contributed by atoms with E-state index in [4.69, 9.17) is 11.5 Å². The van der Waals surface area contributed by atoms with Crippen LogP contribution >= 0.6 is 0 Å². The number of nitrogens with zero attached hydrogens (tertiary/aromatic N) is 3. The van der Waals surface area contributed by atoms with E-state index in [9.17, 15) is 9.59 Å². The number of hydrogen-bond donors (Lipinski definition) is 2. The van der Waals surface area contributed by atoms with Crippen LogP contribution in [-0.4, -0.2) is 39.6 Å². The van der Waals surface area contributed by atoms with E-state index >= 15 is 0 Å². The first kappa shape index (κ1) is 12.6. The van der Waals surface area contributed by atoms with Crippen LogP contribution in [0.5, 0.6) is 0 Å². The number of nitrogens with two attached hydrogens (primary N) is 2. The van der Waals surface area contributed by atoms with Crippen LogP contribution in [0.4, 0.5) is 0 Å². The quantitative estimate of drug-likeness (QED) is 0.700. The van der Waals surface area contributed by atoms with E-state index in [1.165, 1.54) is 0 Å². The fraction of sp³-hybridized carbons (Fsp3) is 0.545. The molecule has 2 unspecified atom stereocenters. The van der Waals surface area contributed by atoms with Crippen molar-refractivity contribution in [1.29, 1.82) is 0 Å². The minimum atomic E-state index is -0.731. The Balaban J connectivity index is 2.02. The molecule has 1 aliphatic rings. The lowest BCUT2D eigenvalue weighted by Gasteiger charge is -2.19. The molecule has 1 aliphatic heterocycles. The summed E-state index contributed by atoms with van der Waals surface area (Å²) in [6.45, 7) is 0.891. The molecule has 0 radical (unpaired) electrons. The zero-order valence-electron chi connectivity index (χ0n) is 10.2. The topological polar surface area (TPSA) is 107 Å². The number of hydrogen-bond acceptors (Lipinski definition) is 4. The number of aromatic nitrogens is 2. The Morgan fingerprint density at radius 3 is 2.78 bits per heavy atom. The van der Waals surface area contributed by atoms with Crippen LogP contribution in [-0.2, 0) is 16.6 Å². The van der Waals surface area contributed by atoms with Crippen molar-refractivity contribution in [2.75, 3.05) is 13.1 Å². The number of likely N-dealkylation sites (tertiary alicyclic amines) is 1. The molecule has 0 saturated carbocycles. The summed E-state index contributed by atoms with van der Waals surface area (Å²) in [5.41, 5.74) is 11.8. The molecule has 4 N–H and O–H groups in total. The van der Waals surface area contributed by atoms with Gasteiger partial charge >= 0.3 is 0 Å². The molecule has 18 heavy (non-hydrogen) atoms. The lowest BCUT2D eigenvalue weighted by molar-refractivity contribution is -0.132. The Labute approximate surface area is 105 Å². The summed E-state index contributed by atoms with van der Waals surface area (Å²) < 4.78 is 1.60. The van der Waals surface area contributed by atoms with Crippen LogP contribution in [0.2, 0.25) is 0 Å². The number of primary amides is 1. The molecular formula is C11H17N5O2. The van der Waals surface area contributed by atoms with Crippen molar-refractivity contribution >= 4 is 11.8 Å². The van der Waals surface area contributed by atoms with Gasteiger partial charge in [0.2, 0.25) is 11.8 Å². The van der Waals surface area contributed by atoms with Gasteiger partial charge in [0, 0.05) is 31.9 Å². The van der Waals surface area contributed by atoms with Crippen LogP contribution in [0, 0.1) is 5.92 Å². The van der Waals surface area contributed by atoms with Gasteiger partial charge in [-0.15, -0.1) is 0 Å². The predicted octanol–water partition coefficient (Wildman–Crippen LogP) is -1.25. The Bertz CT molecular complexity index is 470. The molecule has 0 aromatic carbocycles. The van der Waals surface area contributed by atoms with E-state index < -0.39 is 6.04 Å². The van der Waals surface area contributed by atoms with Crippen LogP contribution in [0.3, 0.4) is 0 Å². The second kappa shape index (κ2) is 4.77. The Morgan fingerprint density at radius 2 is 2.28 bits per heavy atom. The van der Waals surface area contributed by atoms with Gasteiger partial charge in [-0.1, -0.05) is 0 Å². The normalized spacial score (nSPS) is 21.0. The highest BCUT2D eigenvalue weighted by atomic mass is 16.2. The summed E-state index contributed by atoms with van der Waals surface area (Å²) in [6.07, 6.45) is 3.90. The van der Waals surface area contributed by atoms with Gasteiger partial charge in [0.05, 0.1) is 12.1 Å². The molecule has 7 heteroatoms. The van der Waals surface area contributed by atoms with Gasteiger partial charge in [0.1, 0.15) is 6.04 Å². The maximum atomic E-state index is 12.1. The predicted molar refractivity (Wildman–Crippen MR) is 64.0 cm³/mol. The Kier molecular flexibility index (Phi) is 3.33. The molecule has 1 fully saturated rings. The lowest BCUT2D eigenvalue weighted by Crippen LogP contribution is -2.38. The molecule has 0 aliphatic carbocycles. The van der Waals surface area contributed by atoms with Crippen molar-refractivity contribution in [3.63, 3.8) is 0 Å². The summed E-state index contributed by atoms with van der Waals surface area (Å²) >= 11 is 0. The Morgan fingerprint density at radius 1 is 1.56 bits per heavy atom. The van der Waals surface area contributed by atoms with Crippen molar-refractivity contribution in [3.8, 4) is 0 Å². The maximum absolute atomic E-state index is 12.1. The first-order valence-corrected chi connectivity index (χ1v) is 5.81. The first-order chi connectivity index (χ1) is 8.49. The fourth-order valence-corrected chi connectivity index (χ4v) is 2.13. The van der Waals surface area contributed by atoms with E-state index in [1.54, 1.807) is 29.0 Å². The van der Waals surface area contributed by atoms with Crippen LogP contribution in [0.15, 0.2) is 12.4 Å². The molecule has 1 aromatic heterocycles. The van der Waals surface area contributed by atoms with Gasteiger partial charge in [-0.3, -0.25) is 14.3 Å². The zero-order valence-corrected chi connectivity index (χ0v) is 10.2. The SMILES string of the molecule is Cn1cc(C(N)C(=O)N2CCC(C(N)=O)C2)cn1. The maximum Gasteiger partial charge on any atom is 0.244 e. The minimum absolute atomic E-state index is 0.188. The summed E-state index contributed by atoms with van der Waals surface area (Å²) in [5, 5.41) is 3.98. The molecular weight excluding hydrogens is 234 g/mol. The number of aryl methyl sites for hydroxylation is 1. The second-order valence-corrected chi connectivity index (χ2v) is 4.60. The third-order valence-corrected chi connectivity index (χ3v) is 3.25. The highest BCUT2D eigenvalue weighted by Gasteiger charge is 2.32. The molecule has 2 rings (SSSR count). The molecule has 2 atom stereocenters. The zero-order chi connectivity index (χ0) is 13.3. The van der Waals surface area contributed by atoms with Gasteiger partial charge in [-0.25, -0.2) is 0 Å². The second-order valence-electron chi connectivity index (χ2n) is 4.60. The van der Waals surface area contributed by atoms with E-state index in [1.807, 2.05) is 0 Å². The monoisotopic (exact) mass is 251 g/mol. The van der Waals surface area contributed by atoms with Crippen LogP contribution < -0.4 is 11.5 Å². The largest absolute Gasteiger partial charge is 0.369 e. The van der Waals surface area contributed by atoms with Gasteiger partial charge in [0.25, 0.3) is 0 Å². The van der Waals surface area contributed by atoms with Gasteiger partial charge < -0.3 is 16.4 Å². The van der Waals surface area contributed by atoms with Gasteiger partial charge in [-0.05, 0) is 6.42 Å². The molecule has 7 nitrogen and oxygen atoms in total. The van der Waals surface area contributed by atoms with Crippen molar-refractivity contribution in [2.24, 2.45) is 24.4 Å². The van der Waals surface area contributed by atoms with Crippen molar-refractivity contribution in [1.82, 2.24) is 14.7 Å². The summed E-state index contributed by atoms with van der Waals surface area (Å²) in [7, 11) is 1.76. The minimum Gasteiger partial charge on any atom is -0.369 e. The third-order valence-electron chi connectivity index (χ3n) is 3.25. The number of carbonyl (C=O) groups excluding carboxylic acids is 2. The molecule has 2 amide bonds. The standard InChI is InChI=1S/C11H17N5O2/c1-15-5-8(4-14-15)9(12)11(18)16-3-2-7(6-16)10(13)17/h4-5,7,9H,2-3,6,12H2,1H3,(H2,13,17). The average molecular weight is 251 g/mol. The Hall–Kier alpha value is -1.89. The highest BCUT2D eigenvalue weighted by Crippen LogP contribution is 2.20. The van der Waals surface area contributed by atoms with Crippen molar-refractivity contribution in [2.45, 2.75) is 12.5 Å². The van der Waals surface area contributed by atoms with Gasteiger partial charge in [0.15, 0.2) is 0 Å².